The van der Waals surface area contributed by atoms with Crippen LogP contribution in [-0.4, -0.2) is 20.8 Å². The number of hydrogen-bond acceptors (Lipinski definition) is 3. The summed E-state index contributed by atoms with van der Waals surface area (Å²) in [5.74, 6) is 1.60. The first-order chi connectivity index (χ1) is 7.81. The van der Waals surface area contributed by atoms with Crippen LogP contribution in [0.2, 0.25) is 0 Å². The molecule has 88 valence electrons. The van der Waals surface area contributed by atoms with E-state index in [2.05, 4.69) is 11.9 Å². The third kappa shape index (κ3) is 3.50. The molecule has 0 aliphatic rings. The van der Waals surface area contributed by atoms with E-state index in [4.69, 9.17) is 9.47 Å². The van der Waals surface area contributed by atoms with E-state index >= 15 is 0 Å². The standard InChI is InChI=1S/C13H19NO2/c1-4-5-6-9-14-12-8-7-11(15-2)10-13(12)16-3/h4,7-8,10,14H,1,5-6,9H2,2-3H3. The van der Waals surface area contributed by atoms with Gasteiger partial charge in [-0.3, -0.25) is 0 Å². The number of hydrogen-bond donors (Lipinski definition) is 1. The summed E-state index contributed by atoms with van der Waals surface area (Å²) in [6.45, 7) is 4.60. The van der Waals surface area contributed by atoms with E-state index in [1.165, 1.54) is 0 Å². The molecule has 0 aliphatic heterocycles. The van der Waals surface area contributed by atoms with Gasteiger partial charge in [-0.05, 0) is 25.0 Å². The lowest BCUT2D eigenvalue weighted by Crippen LogP contribution is -2.02. The Kier molecular flexibility index (Phi) is 5.26. The number of rotatable bonds is 7. The van der Waals surface area contributed by atoms with Crippen LogP contribution in [0.3, 0.4) is 0 Å². The Hall–Kier alpha value is -1.64. The number of benzene rings is 1. The van der Waals surface area contributed by atoms with Gasteiger partial charge in [0.1, 0.15) is 11.5 Å². The van der Waals surface area contributed by atoms with Crippen molar-refractivity contribution in [2.45, 2.75) is 12.8 Å². The zero-order valence-electron chi connectivity index (χ0n) is 9.95. The topological polar surface area (TPSA) is 30.5 Å². The fourth-order valence-electron chi connectivity index (χ4n) is 1.41. The van der Waals surface area contributed by atoms with Crippen LogP contribution in [0.4, 0.5) is 5.69 Å². The molecule has 0 amide bonds. The third-order valence-electron chi connectivity index (χ3n) is 2.31. The molecule has 0 bridgehead atoms. The molecule has 0 aromatic heterocycles. The van der Waals surface area contributed by atoms with Gasteiger partial charge >= 0.3 is 0 Å². The molecule has 16 heavy (non-hydrogen) atoms. The summed E-state index contributed by atoms with van der Waals surface area (Å²) in [6, 6.07) is 5.75. The van der Waals surface area contributed by atoms with Gasteiger partial charge in [0, 0.05) is 12.6 Å². The highest BCUT2D eigenvalue weighted by Gasteiger charge is 2.03. The number of nitrogens with one attached hydrogen (secondary N) is 1. The minimum Gasteiger partial charge on any atom is -0.497 e. The molecule has 0 saturated carbocycles. The second-order valence-corrected chi connectivity index (χ2v) is 3.42. The van der Waals surface area contributed by atoms with Crippen molar-refractivity contribution in [2.24, 2.45) is 0 Å². The lowest BCUT2D eigenvalue weighted by atomic mass is 10.2. The Morgan fingerprint density at radius 2 is 2.12 bits per heavy atom. The van der Waals surface area contributed by atoms with Crippen LogP contribution in [0.5, 0.6) is 11.5 Å². The van der Waals surface area contributed by atoms with Gasteiger partial charge in [-0.15, -0.1) is 6.58 Å². The molecule has 0 radical (unpaired) electrons. The van der Waals surface area contributed by atoms with Crippen molar-refractivity contribution >= 4 is 5.69 Å². The Morgan fingerprint density at radius 1 is 1.31 bits per heavy atom. The molecule has 0 saturated heterocycles. The first-order valence-corrected chi connectivity index (χ1v) is 5.38. The SMILES string of the molecule is C=CCCCNc1ccc(OC)cc1OC. The molecule has 3 heteroatoms. The van der Waals surface area contributed by atoms with Gasteiger partial charge in [0.15, 0.2) is 0 Å². The molecular formula is C13H19NO2. The Balaban J connectivity index is 2.60. The molecule has 1 aromatic rings. The highest BCUT2D eigenvalue weighted by Crippen LogP contribution is 2.28. The van der Waals surface area contributed by atoms with Gasteiger partial charge in [0.05, 0.1) is 19.9 Å². The number of methoxy groups -OCH3 is 2. The largest absolute Gasteiger partial charge is 0.497 e. The Labute approximate surface area is 97.1 Å². The zero-order valence-corrected chi connectivity index (χ0v) is 9.95. The molecule has 0 spiro atoms. The highest BCUT2D eigenvalue weighted by molar-refractivity contribution is 5.59. The predicted molar refractivity (Wildman–Crippen MR) is 67.5 cm³/mol. The molecular weight excluding hydrogens is 202 g/mol. The minimum atomic E-state index is 0.800. The number of allylic oxidation sites excluding steroid dienone is 1. The first kappa shape index (κ1) is 12.4. The summed E-state index contributed by atoms with van der Waals surface area (Å²) in [6.07, 6.45) is 4.01. The van der Waals surface area contributed by atoms with E-state index in [9.17, 15) is 0 Å². The lowest BCUT2D eigenvalue weighted by molar-refractivity contribution is 0.395. The van der Waals surface area contributed by atoms with Crippen molar-refractivity contribution in [1.82, 2.24) is 0 Å². The van der Waals surface area contributed by atoms with Gasteiger partial charge in [-0.2, -0.15) is 0 Å². The molecule has 0 unspecified atom stereocenters. The average Bonchev–Trinajstić information content (AvgIpc) is 2.34. The maximum absolute atomic E-state index is 5.28. The van der Waals surface area contributed by atoms with Crippen LogP contribution in [-0.2, 0) is 0 Å². The molecule has 1 N–H and O–H groups in total. The second-order valence-electron chi connectivity index (χ2n) is 3.42. The number of ether oxygens (including phenoxy) is 2. The quantitative estimate of drug-likeness (QED) is 0.567. The van der Waals surface area contributed by atoms with E-state index in [1.54, 1.807) is 14.2 Å². The van der Waals surface area contributed by atoms with E-state index in [1.807, 2.05) is 24.3 Å². The highest BCUT2D eigenvalue weighted by atomic mass is 16.5. The predicted octanol–water partition coefficient (Wildman–Crippen LogP) is 3.08. The molecule has 0 heterocycles. The minimum absolute atomic E-state index is 0.800. The number of unbranched alkanes of at least 4 members (excludes halogenated alkanes) is 1. The van der Waals surface area contributed by atoms with Gasteiger partial charge in [0.2, 0.25) is 0 Å². The fourth-order valence-corrected chi connectivity index (χ4v) is 1.41. The van der Waals surface area contributed by atoms with Crippen molar-refractivity contribution in [3.63, 3.8) is 0 Å². The summed E-state index contributed by atoms with van der Waals surface area (Å²) in [5.41, 5.74) is 0.993. The molecule has 0 fully saturated rings. The summed E-state index contributed by atoms with van der Waals surface area (Å²) in [7, 11) is 3.30. The van der Waals surface area contributed by atoms with E-state index in [0.717, 1.165) is 36.6 Å². The molecule has 3 nitrogen and oxygen atoms in total. The number of anilines is 1. The molecule has 0 aliphatic carbocycles. The maximum Gasteiger partial charge on any atom is 0.145 e. The summed E-state index contributed by atoms with van der Waals surface area (Å²) < 4.78 is 10.4. The first-order valence-electron chi connectivity index (χ1n) is 5.38. The monoisotopic (exact) mass is 221 g/mol. The smallest absolute Gasteiger partial charge is 0.145 e. The van der Waals surface area contributed by atoms with Gasteiger partial charge in [0.25, 0.3) is 0 Å². The zero-order chi connectivity index (χ0) is 11.8. The Bertz CT molecular complexity index is 337. The second kappa shape index (κ2) is 6.77. The normalized spacial score (nSPS) is 9.62. The summed E-state index contributed by atoms with van der Waals surface area (Å²) >= 11 is 0. The summed E-state index contributed by atoms with van der Waals surface area (Å²) in [5, 5.41) is 3.32. The average molecular weight is 221 g/mol. The van der Waals surface area contributed by atoms with Crippen LogP contribution in [0.1, 0.15) is 12.8 Å². The van der Waals surface area contributed by atoms with Crippen molar-refractivity contribution in [1.29, 1.82) is 0 Å². The van der Waals surface area contributed by atoms with Crippen molar-refractivity contribution in [2.75, 3.05) is 26.1 Å². The maximum atomic E-state index is 5.28. The van der Waals surface area contributed by atoms with Gasteiger partial charge < -0.3 is 14.8 Å². The van der Waals surface area contributed by atoms with Crippen LogP contribution in [0, 0.1) is 0 Å². The van der Waals surface area contributed by atoms with E-state index in [-0.39, 0.29) is 0 Å². The van der Waals surface area contributed by atoms with Crippen molar-refractivity contribution < 1.29 is 9.47 Å². The van der Waals surface area contributed by atoms with Gasteiger partial charge in [-0.1, -0.05) is 6.08 Å². The lowest BCUT2D eigenvalue weighted by Gasteiger charge is -2.11. The molecule has 1 rings (SSSR count). The van der Waals surface area contributed by atoms with Crippen molar-refractivity contribution in [3.05, 3.63) is 30.9 Å². The fraction of sp³-hybridized carbons (Fsp3) is 0.385. The summed E-state index contributed by atoms with van der Waals surface area (Å²) in [4.78, 5) is 0. The van der Waals surface area contributed by atoms with E-state index in [0.29, 0.717) is 0 Å². The third-order valence-corrected chi connectivity index (χ3v) is 2.31. The molecule has 0 atom stereocenters. The van der Waals surface area contributed by atoms with Gasteiger partial charge in [-0.25, -0.2) is 0 Å². The van der Waals surface area contributed by atoms with Crippen LogP contribution in [0.15, 0.2) is 30.9 Å². The van der Waals surface area contributed by atoms with Crippen LogP contribution < -0.4 is 14.8 Å². The van der Waals surface area contributed by atoms with E-state index < -0.39 is 0 Å². The Morgan fingerprint density at radius 3 is 2.75 bits per heavy atom. The van der Waals surface area contributed by atoms with Crippen LogP contribution in [0.25, 0.3) is 0 Å². The van der Waals surface area contributed by atoms with Crippen molar-refractivity contribution in [3.8, 4) is 11.5 Å². The molecule has 1 aromatic carbocycles. The van der Waals surface area contributed by atoms with Crippen LogP contribution >= 0.6 is 0 Å².